The van der Waals surface area contributed by atoms with Crippen LogP contribution in [0.25, 0.3) is 0 Å². The lowest BCUT2D eigenvalue weighted by Crippen LogP contribution is -2.45. The molecule has 4 nitrogen and oxygen atoms in total. The second-order valence-corrected chi connectivity index (χ2v) is 5.17. The number of likely N-dealkylation sites (tertiary alicyclic amines) is 1. The Hall–Kier alpha value is -1.62. The summed E-state index contributed by atoms with van der Waals surface area (Å²) < 4.78 is 12.7. The van der Waals surface area contributed by atoms with E-state index in [9.17, 15) is 9.18 Å². The molecule has 1 heterocycles. The Morgan fingerprint density at radius 3 is 2.72 bits per heavy atom. The molecular formula is C13H16FN3O. The number of likely N-dealkylation sites (N-methyl/N-ethyl adjacent to an activating group) is 1. The van der Waals surface area contributed by atoms with Gasteiger partial charge in [0, 0.05) is 6.54 Å². The van der Waals surface area contributed by atoms with Crippen LogP contribution in [0.4, 0.5) is 10.1 Å². The zero-order chi connectivity index (χ0) is 12.7. The number of carbonyl (C=O) groups is 1. The minimum absolute atomic E-state index is 0.00757. The van der Waals surface area contributed by atoms with Crippen LogP contribution >= 0.6 is 0 Å². The molecule has 18 heavy (non-hydrogen) atoms. The largest absolute Gasteiger partial charge is 0.299 e. The molecular weight excluding hydrogens is 233 g/mol. The lowest BCUT2D eigenvalue weighted by Gasteiger charge is -2.22. The topological polar surface area (TPSA) is 44.4 Å². The molecule has 2 aliphatic rings. The number of fused-ring (bicyclic) bond motifs is 1. The van der Waals surface area contributed by atoms with Gasteiger partial charge in [0.2, 0.25) is 0 Å². The molecule has 0 spiro atoms. The summed E-state index contributed by atoms with van der Waals surface area (Å²) in [4.78, 5) is 14.1. The van der Waals surface area contributed by atoms with Crippen molar-refractivity contribution in [2.45, 2.75) is 12.5 Å². The number of hydrazine groups is 1. The summed E-state index contributed by atoms with van der Waals surface area (Å²) in [5, 5.41) is 0. The van der Waals surface area contributed by atoms with E-state index in [1.807, 2.05) is 7.05 Å². The molecule has 1 aliphatic carbocycles. The van der Waals surface area contributed by atoms with E-state index >= 15 is 0 Å². The first kappa shape index (κ1) is 11.5. The van der Waals surface area contributed by atoms with Crippen LogP contribution in [-0.4, -0.2) is 30.4 Å². The molecule has 3 atom stereocenters. The maximum atomic E-state index is 12.7. The fourth-order valence-electron chi connectivity index (χ4n) is 2.81. The number of amides is 1. The maximum absolute atomic E-state index is 12.7. The van der Waals surface area contributed by atoms with Crippen molar-refractivity contribution in [3.05, 3.63) is 30.1 Å². The smallest absolute Gasteiger partial charge is 0.255 e. The molecule has 96 valence electrons. The predicted molar refractivity (Wildman–Crippen MR) is 66.2 cm³/mol. The first-order chi connectivity index (χ1) is 8.65. The van der Waals surface area contributed by atoms with E-state index in [2.05, 4.69) is 15.8 Å². The van der Waals surface area contributed by atoms with Crippen LogP contribution in [0, 0.1) is 17.7 Å². The van der Waals surface area contributed by atoms with Gasteiger partial charge in [0.15, 0.2) is 0 Å². The Labute approximate surface area is 105 Å². The summed E-state index contributed by atoms with van der Waals surface area (Å²) >= 11 is 0. The fourth-order valence-corrected chi connectivity index (χ4v) is 2.81. The number of hydrogen-bond donors (Lipinski definition) is 2. The summed E-state index contributed by atoms with van der Waals surface area (Å²) in [6.45, 7) is 1.01. The lowest BCUT2D eigenvalue weighted by molar-refractivity contribution is -0.125. The number of anilines is 1. The molecule has 3 unspecified atom stereocenters. The van der Waals surface area contributed by atoms with Crippen LogP contribution in [0.1, 0.15) is 6.42 Å². The normalized spacial score (nSPS) is 29.8. The van der Waals surface area contributed by atoms with Crippen molar-refractivity contribution in [2.75, 3.05) is 19.0 Å². The van der Waals surface area contributed by atoms with Crippen LogP contribution in [-0.2, 0) is 4.79 Å². The average molecular weight is 249 g/mol. The van der Waals surface area contributed by atoms with E-state index in [-0.39, 0.29) is 17.8 Å². The van der Waals surface area contributed by atoms with Crippen molar-refractivity contribution >= 4 is 11.6 Å². The highest BCUT2D eigenvalue weighted by atomic mass is 19.1. The highest BCUT2D eigenvalue weighted by Gasteiger charge is 2.54. The van der Waals surface area contributed by atoms with Crippen molar-refractivity contribution in [3.63, 3.8) is 0 Å². The third kappa shape index (κ3) is 2.06. The number of nitrogens with zero attached hydrogens (tertiary/aromatic N) is 1. The maximum Gasteiger partial charge on any atom is 0.255 e. The van der Waals surface area contributed by atoms with E-state index in [0.29, 0.717) is 17.5 Å². The number of benzene rings is 1. The second-order valence-electron chi connectivity index (χ2n) is 5.17. The molecule has 1 saturated carbocycles. The van der Waals surface area contributed by atoms with Crippen molar-refractivity contribution in [2.24, 2.45) is 11.8 Å². The molecule has 3 rings (SSSR count). The third-order valence-electron chi connectivity index (χ3n) is 3.82. The molecule has 2 fully saturated rings. The molecule has 1 saturated heterocycles. The van der Waals surface area contributed by atoms with Gasteiger partial charge in [-0.2, -0.15) is 0 Å². The first-order valence-corrected chi connectivity index (χ1v) is 6.17. The molecule has 1 aromatic rings. The predicted octanol–water partition coefficient (Wildman–Crippen LogP) is 1.22. The molecule has 1 amide bonds. The molecule has 0 aromatic heterocycles. The van der Waals surface area contributed by atoms with E-state index in [1.165, 1.54) is 18.6 Å². The standard InChI is InChI=1S/C13H16FN3O/c1-17-7-8-6-11(8)12(17)13(18)16-15-10-4-2-9(14)3-5-10/h2-5,8,11-12,15H,6-7H2,1H3,(H,16,18). The molecule has 1 aromatic carbocycles. The molecule has 5 heteroatoms. The van der Waals surface area contributed by atoms with Crippen LogP contribution in [0.2, 0.25) is 0 Å². The van der Waals surface area contributed by atoms with Gasteiger partial charge < -0.3 is 0 Å². The van der Waals surface area contributed by atoms with Crippen LogP contribution in [0.15, 0.2) is 24.3 Å². The van der Waals surface area contributed by atoms with Crippen molar-refractivity contribution in [1.82, 2.24) is 10.3 Å². The van der Waals surface area contributed by atoms with Gasteiger partial charge in [-0.05, 0) is 49.6 Å². The SMILES string of the molecule is CN1CC2CC2C1C(=O)NNc1ccc(F)cc1. The number of carbonyl (C=O) groups excluding carboxylic acids is 1. The Bertz CT molecular complexity index is 460. The van der Waals surface area contributed by atoms with E-state index < -0.39 is 0 Å². The lowest BCUT2D eigenvalue weighted by atomic mass is 10.2. The van der Waals surface area contributed by atoms with Crippen molar-refractivity contribution in [1.29, 1.82) is 0 Å². The van der Waals surface area contributed by atoms with Crippen LogP contribution in [0.5, 0.6) is 0 Å². The number of nitrogens with one attached hydrogen (secondary N) is 2. The highest BCUT2D eigenvalue weighted by molar-refractivity contribution is 5.84. The summed E-state index contributed by atoms with van der Waals surface area (Å²) in [5.41, 5.74) is 6.19. The van der Waals surface area contributed by atoms with Gasteiger partial charge in [0.25, 0.3) is 5.91 Å². The summed E-state index contributed by atoms with van der Waals surface area (Å²) in [6.07, 6.45) is 1.17. The Kier molecular flexibility index (Phi) is 2.70. The van der Waals surface area contributed by atoms with Crippen molar-refractivity contribution < 1.29 is 9.18 Å². The average Bonchev–Trinajstić information content (AvgIpc) is 3.00. The van der Waals surface area contributed by atoms with Gasteiger partial charge in [-0.15, -0.1) is 0 Å². The van der Waals surface area contributed by atoms with Gasteiger partial charge in [-0.25, -0.2) is 4.39 Å². The zero-order valence-electron chi connectivity index (χ0n) is 10.2. The monoisotopic (exact) mass is 249 g/mol. The molecule has 1 aliphatic heterocycles. The molecule has 0 radical (unpaired) electrons. The minimum Gasteiger partial charge on any atom is -0.299 e. The van der Waals surface area contributed by atoms with Gasteiger partial charge in [-0.1, -0.05) is 0 Å². The quantitative estimate of drug-likeness (QED) is 0.792. The Morgan fingerprint density at radius 1 is 1.39 bits per heavy atom. The van der Waals surface area contributed by atoms with Crippen LogP contribution in [0.3, 0.4) is 0 Å². The molecule has 0 bridgehead atoms. The zero-order valence-corrected chi connectivity index (χ0v) is 10.2. The third-order valence-corrected chi connectivity index (χ3v) is 3.82. The van der Waals surface area contributed by atoms with Crippen LogP contribution < -0.4 is 10.9 Å². The summed E-state index contributed by atoms with van der Waals surface area (Å²) in [6, 6.07) is 5.87. The number of hydrogen-bond acceptors (Lipinski definition) is 3. The summed E-state index contributed by atoms with van der Waals surface area (Å²) in [7, 11) is 1.98. The van der Waals surface area contributed by atoms with Gasteiger partial charge in [0.1, 0.15) is 5.82 Å². The van der Waals surface area contributed by atoms with E-state index in [1.54, 1.807) is 12.1 Å². The first-order valence-electron chi connectivity index (χ1n) is 6.17. The Morgan fingerprint density at radius 2 is 2.11 bits per heavy atom. The number of rotatable bonds is 3. The van der Waals surface area contributed by atoms with Gasteiger partial charge in [0.05, 0.1) is 11.7 Å². The second kappa shape index (κ2) is 4.24. The number of halogens is 1. The minimum atomic E-state index is -0.289. The number of piperidine rings is 1. The van der Waals surface area contributed by atoms with E-state index in [0.717, 1.165) is 6.54 Å². The molecule has 2 N–H and O–H groups in total. The fraction of sp³-hybridized carbons (Fsp3) is 0.462. The Balaban J connectivity index is 1.57. The van der Waals surface area contributed by atoms with Crippen molar-refractivity contribution in [3.8, 4) is 0 Å². The highest BCUT2D eigenvalue weighted by Crippen LogP contribution is 2.48. The summed E-state index contributed by atoms with van der Waals surface area (Å²) in [5.74, 6) is 0.927. The van der Waals surface area contributed by atoms with E-state index in [4.69, 9.17) is 0 Å². The van der Waals surface area contributed by atoms with Gasteiger partial charge in [-0.3, -0.25) is 20.5 Å². The van der Waals surface area contributed by atoms with Gasteiger partial charge >= 0.3 is 0 Å².